The van der Waals surface area contributed by atoms with Gasteiger partial charge in [0, 0.05) is 24.5 Å². The minimum absolute atomic E-state index is 0.275. The Morgan fingerprint density at radius 3 is 2.71 bits per heavy atom. The lowest BCUT2D eigenvalue weighted by Gasteiger charge is -2.23. The number of fused-ring (bicyclic) bond motifs is 1. The molecule has 1 aromatic carbocycles. The monoisotopic (exact) mass is 407 g/mol. The number of hydrogen-bond donors (Lipinski definition) is 0. The first-order valence-corrected chi connectivity index (χ1v) is 10.6. The molecule has 1 aliphatic rings. The summed E-state index contributed by atoms with van der Waals surface area (Å²) < 4.78 is 25.9. The van der Waals surface area contributed by atoms with Crippen LogP contribution in [-0.2, 0) is 9.09 Å². The highest BCUT2D eigenvalue weighted by atomic mass is 31.1. The Labute approximate surface area is 165 Å². The van der Waals surface area contributed by atoms with Gasteiger partial charge in [0.1, 0.15) is 18.8 Å². The van der Waals surface area contributed by atoms with Crippen LogP contribution in [0.5, 0.6) is 11.5 Å². The Kier molecular flexibility index (Phi) is 7.36. The van der Waals surface area contributed by atoms with Crippen molar-refractivity contribution in [1.82, 2.24) is 9.97 Å². The minimum Gasteiger partial charge on any atom is -0.566 e. The number of anilines is 1. The van der Waals surface area contributed by atoms with E-state index in [1.807, 2.05) is 12.1 Å². The van der Waals surface area contributed by atoms with E-state index in [0.29, 0.717) is 17.4 Å². The van der Waals surface area contributed by atoms with Crippen LogP contribution in [0.4, 0.5) is 5.82 Å². The lowest BCUT2D eigenvalue weighted by atomic mass is 9.95. The topological polar surface area (TPSA) is 96.8 Å². The summed E-state index contributed by atoms with van der Waals surface area (Å²) in [7, 11) is 0.495. The maximum absolute atomic E-state index is 10.5. The zero-order valence-electron chi connectivity index (χ0n) is 16.3. The maximum atomic E-state index is 10.5. The Balaban J connectivity index is 1.71. The molecular weight excluding hydrogens is 381 g/mol. The van der Waals surface area contributed by atoms with Gasteiger partial charge in [0.15, 0.2) is 11.5 Å². The van der Waals surface area contributed by atoms with Gasteiger partial charge in [-0.15, -0.1) is 4.52 Å². The van der Waals surface area contributed by atoms with E-state index in [0.717, 1.165) is 61.9 Å². The van der Waals surface area contributed by atoms with E-state index >= 15 is 0 Å². The third-order valence-electron chi connectivity index (χ3n) is 5.22. The average molecular weight is 407 g/mol. The lowest BCUT2D eigenvalue weighted by molar-refractivity contribution is -0.185. The molecule has 152 valence electrons. The summed E-state index contributed by atoms with van der Waals surface area (Å²) in [6, 6.07) is 3.81. The molecule has 0 radical (unpaired) electrons. The Morgan fingerprint density at radius 1 is 1.18 bits per heavy atom. The van der Waals surface area contributed by atoms with Gasteiger partial charge in [-0.1, -0.05) is 0 Å². The van der Waals surface area contributed by atoms with Crippen molar-refractivity contribution in [3.63, 3.8) is 0 Å². The summed E-state index contributed by atoms with van der Waals surface area (Å²) in [5.41, 5.74) is 0.826. The van der Waals surface area contributed by atoms with Crippen LogP contribution in [0.1, 0.15) is 32.1 Å². The van der Waals surface area contributed by atoms with Crippen molar-refractivity contribution >= 4 is 25.0 Å². The quantitative estimate of drug-likeness (QED) is 0.487. The molecule has 2 unspecified atom stereocenters. The second-order valence-corrected chi connectivity index (χ2v) is 7.61. The van der Waals surface area contributed by atoms with E-state index < -0.39 is 8.25 Å². The normalized spacial score (nSPS) is 18.0. The molecule has 1 aromatic heterocycles. The number of rotatable bonds is 8. The van der Waals surface area contributed by atoms with Gasteiger partial charge in [-0.05, 0) is 48.7 Å². The van der Waals surface area contributed by atoms with Crippen LogP contribution in [0.3, 0.4) is 0 Å². The molecule has 0 amide bonds. The van der Waals surface area contributed by atoms with Gasteiger partial charge in [0.25, 0.3) is 0 Å². The van der Waals surface area contributed by atoms with Crippen LogP contribution in [-0.4, -0.2) is 43.9 Å². The molecule has 2 atom stereocenters. The highest BCUT2D eigenvalue weighted by Crippen LogP contribution is 2.35. The van der Waals surface area contributed by atoms with Gasteiger partial charge in [0.2, 0.25) is 0 Å². The molecule has 9 heteroatoms. The summed E-state index contributed by atoms with van der Waals surface area (Å²) >= 11 is 0. The van der Waals surface area contributed by atoms with Crippen LogP contribution in [0.25, 0.3) is 10.9 Å². The molecule has 0 N–H and O–H groups in total. The fourth-order valence-electron chi connectivity index (χ4n) is 3.80. The van der Waals surface area contributed by atoms with Crippen LogP contribution in [0.15, 0.2) is 18.5 Å². The van der Waals surface area contributed by atoms with Crippen LogP contribution in [0, 0.1) is 5.92 Å². The van der Waals surface area contributed by atoms with Crippen LogP contribution < -0.4 is 19.3 Å². The van der Waals surface area contributed by atoms with E-state index in [9.17, 15) is 9.46 Å². The third kappa shape index (κ3) is 5.07. The molecule has 1 fully saturated rings. The number of hydrogen-bond acceptors (Lipinski definition) is 8. The molecule has 1 saturated heterocycles. The van der Waals surface area contributed by atoms with E-state index in [-0.39, 0.29) is 6.61 Å². The molecular formula is C19H26N3O5P. The van der Waals surface area contributed by atoms with Crippen molar-refractivity contribution in [3.05, 3.63) is 18.5 Å². The summed E-state index contributed by atoms with van der Waals surface area (Å²) in [6.07, 6.45) is 6.57. The van der Waals surface area contributed by atoms with Crippen molar-refractivity contribution in [2.45, 2.75) is 32.1 Å². The van der Waals surface area contributed by atoms with Gasteiger partial charge in [-0.3, -0.25) is 0 Å². The Hall–Kier alpha value is -2.02. The van der Waals surface area contributed by atoms with Crippen LogP contribution in [0.2, 0.25) is 0 Å². The molecule has 2 heterocycles. The second kappa shape index (κ2) is 9.96. The number of methoxy groups -OCH3 is 2. The van der Waals surface area contributed by atoms with Crippen molar-refractivity contribution in [2.75, 3.05) is 38.8 Å². The van der Waals surface area contributed by atoms with Crippen molar-refractivity contribution in [1.29, 1.82) is 0 Å². The molecule has 1 aliphatic heterocycles. The van der Waals surface area contributed by atoms with Gasteiger partial charge < -0.3 is 19.3 Å². The van der Waals surface area contributed by atoms with Crippen molar-refractivity contribution < 1.29 is 23.5 Å². The van der Waals surface area contributed by atoms with Crippen molar-refractivity contribution in [2.24, 2.45) is 5.92 Å². The lowest BCUT2D eigenvalue weighted by Crippen LogP contribution is -2.25. The van der Waals surface area contributed by atoms with Gasteiger partial charge in [-0.25, -0.2) is 9.97 Å². The predicted molar refractivity (Wildman–Crippen MR) is 105 cm³/mol. The number of nitrogens with zero attached hydrogens (tertiary/aromatic N) is 3. The highest BCUT2D eigenvalue weighted by Gasteiger charge is 2.21. The molecule has 28 heavy (non-hydrogen) atoms. The minimum atomic E-state index is -2.74. The fraction of sp³-hybridized carbons (Fsp3) is 0.579. The second-order valence-electron chi connectivity index (χ2n) is 6.90. The third-order valence-corrected chi connectivity index (χ3v) is 5.61. The molecule has 0 bridgehead atoms. The van der Waals surface area contributed by atoms with Crippen molar-refractivity contribution in [3.8, 4) is 11.5 Å². The largest absolute Gasteiger partial charge is 0.566 e. The number of aromatic nitrogens is 2. The molecule has 8 nitrogen and oxygen atoms in total. The molecule has 0 aliphatic carbocycles. The van der Waals surface area contributed by atoms with Gasteiger partial charge in [0.05, 0.1) is 19.7 Å². The molecule has 0 spiro atoms. The maximum Gasteiger partial charge on any atom is 0.488 e. The molecule has 0 saturated carbocycles. The zero-order chi connectivity index (χ0) is 19.9. The van der Waals surface area contributed by atoms with E-state index in [1.54, 1.807) is 20.5 Å². The Morgan fingerprint density at radius 2 is 1.96 bits per heavy atom. The molecule has 3 rings (SSSR count). The molecule has 2 aromatic rings. The van der Waals surface area contributed by atoms with E-state index in [1.165, 1.54) is 0 Å². The standard InChI is InChI=1S/C19H26N3O5P/c1-25-17-11-15-16(12-18(17)26-2)20-13-21-19(15)22-8-3-5-14(7-9-22)6-4-10-27-28(23)24/h11-14H,3-10H2,1-2H3. The van der Waals surface area contributed by atoms with E-state index in [2.05, 4.69) is 19.4 Å². The summed E-state index contributed by atoms with van der Waals surface area (Å²) in [4.78, 5) is 21.7. The first-order chi connectivity index (χ1) is 13.6. The zero-order valence-corrected chi connectivity index (χ0v) is 17.2. The smallest absolute Gasteiger partial charge is 0.488 e. The van der Waals surface area contributed by atoms with Crippen LogP contribution >= 0.6 is 8.25 Å². The predicted octanol–water partition coefficient (Wildman–Crippen LogP) is 3.07. The summed E-state index contributed by atoms with van der Waals surface area (Å²) in [5.74, 6) is 2.80. The SMILES string of the molecule is COc1cc2ncnc(N3CCCC(CCCO[P+](=O)[O-])CC3)c2cc1OC. The first-order valence-electron chi connectivity index (χ1n) is 9.51. The summed E-state index contributed by atoms with van der Waals surface area (Å²) in [6.45, 7) is 2.11. The summed E-state index contributed by atoms with van der Waals surface area (Å²) in [5, 5.41) is 0.950. The van der Waals surface area contributed by atoms with Gasteiger partial charge in [-0.2, -0.15) is 0 Å². The highest BCUT2D eigenvalue weighted by molar-refractivity contribution is 7.30. The van der Waals surface area contributed by atoms with Gasteiger partial charge >= 0.3 is 8.25 Å². The first kappa shape index (κ1) is 20.7. The fourth-order valence-corrected chi connectivity index (χ4v) is 4.08. The number of benzene rings is 1. The Bertz CT molecular complexity index is 820. The number of ether oxygens (including phenoxy) is 2. The average Bonchev–Trinajstić information content (AvgIpc) is 2.95. The van der Waals surface area contributed by atoms with E-state index in [4.69, 9.17) is 9.47 Å².